The van der Waals surface area contributed by atoms with Crippen molar-refractivity contribution in [1.82, 2.24) is 4.90 Å². The van der Waals surface area contributed by atoms with Gasteiger partial charge in [-0.2, -0.15) is 0 Å². The standard InChI is InChI=1S/C23H24FNO4S/c1-4-15(3)25-22(26)21(30-23(25)27)13-17-8-11-19(20(12-17)28-5-2)29-14-16-6-9-18(24)10-7-16/h6-13,15H,4-5,14H2,1-3H3/b21-13+/t15-/m0/s1. The number of thioether (sulfide) groups is 1. The zero-order valence-electron chi connectivity index (χ0n) is 17.2. The molecule has 1 saturated heterocycles. The Morgan fingerprint density at radius 1 is 1.07 bits per heavy atom. The van der Waals surface area contributed by atoms with Gasteiger partial charge in [0.25, 0.3) is 11.1 Å². The Morgan fingerprint density at radius 2 is 1.80 bits per heavy atom. The Hall–Kier alpha value is -2.80. The molecule has 1 heterocycles. The van der Waals surface area contributed by atoms with E-state index >= 15 is 0 Å². The van der Waals surface area contributed by atoms with Crippen LogP contribution in [0, 0.1) is 5.82 Å². The Bertz CT molecular complexity index is 958. The largest absolute Gasteiger partial charge is 0.490 e. The first-order chi connectivity index (χ1) is 14.4. The van der Waals surface area contributed by atoms with Crippen LogP contribution in [0.5, 0.6) is 11.5 Å². The van der Waals surface area contributed by atoms with Crippen molar-refractivity contribution in [3.63, 3.8) is 0 Å². The van der Waals surface area contributed by atoms with Crippen LogP contribution in [0.1, 0.15) is 38.3 Å². The first-order valence-corrected chi connectivity index (χ1v) is 10.7. The highest BCUT2D eigenvalue weighted by Crippen LogP contribution is 2.36. The minimum Gasteiger partial charge on any atom is -0.490 e. The summed E-state index contributed by atoms with van der Waals surface area (Å²) in [6.45, 7) is 6.39. The first kappa shape index (κ1) is 21.9. The molecule has 158 valence electrons. The predicted octanol–water partition coefficient (Wildman–Crippen LogP) is 5.64. The lowest BCUT2D eigenvalue weighted by Gasteiger charge is -2.19. The molecule has 2 amide bonds. The molecule has 0 spiro atoms. The van der Waals surface area contributed by atoms with E-state index in [1.165, 1.54) is 17.0 Å². The summed E-state index contributed by atoms with van der Waals surface area (Å²) in [5, 5.41) is -0.245. The highest BCUT2D eigenvalue weighted by Gasteiger charge is 2.37. The Balaban J connectivity index is 1.79. The summed E-state index contributed by atoms with van der Waals surface area (Å²) in [7, 11) is 0. The summed E-state index contributed by atoms with van der Waals surface area (Å²) in [6, 6.07) is 11.3. The number of halogens is 1. The third-order valence-corrected chi connectivity index (χ3v) is 5.61. The molecule has 1 atom stereocenters. The quantitative estimate of drug-likeness (QED) is 0.509. The number of benzene rings is 2. The third-order valence-electron chi connectivity index (χ3n) is 4.73. The molecular formula is C23H24FNO4S. The number of ether oxygens (including phenoxy) is 2. The minimum atomic E-state index is -0.296. The number of nitrogens with zero attached hydrogens (tertiary/aromatic N) is 1. The van der Waals surface area contributed by atoms with E-state index in [2.05, 4.69) is 0 Å². The average molecular weight is 430 g/mol. The Morgan fingerprint density at radius 3 is 2.47 bits per heavy atom. The molecule has 0 radical (unpaired) electrons. The molecule has 1 aliphatic rings. The number of imide groups is 1. The molecule has 1 fully saturated rings. The monoisotopic (exact) mass is 429 g/mol. The Labute approximate surface area is 179 Å². The molecule has 0 aromatic heterocycles. The summed E-state index contributed by atoms with van der Waals surface area (Å²) >= 11 is 0.948. The molecule has 0 unspecified atom stereocenters. The number of hydrogen-bond donors (Lipinski definition) is 0. The molecular weight excluding hydrogens is 405 g/mol. The Kier molecular flexibility index (Phi) is 7.15. The van der Waals surface area contributed by atoms with Crippen molar-refractivity contribution in [3.05, 3.63) is 64.3 Å². The molecule has 2 aromatic rings. The SMILES string of the molecule is CCOc1cc(/C=C2/SC(=O)N([C@@H](C)CC)C2=O)ccc1OCc1ccc(F)cc1. The predicted molar refractivity (Wildman–Crippen MR) is 116 cm³/mol. The number of hydrogen-bond acceptors (Lipinski definition) is 5. The molecule has 0 aliphatic carbocycles. The van der Waals surface area contributed by atoms with Gasteiger partial charge in [0.15, 0.2) is 11.5 Å². The average Bonchev–Trinajstić information content (AvgIpc) is 3.01. The summed E-state index contributed by atoms with van der Waals surface area (Å²) in [4.78, 5) is 26.5. The summed E-state index contributed by atoms with van der Waals surface area (Å²) < 4.78 is 24.6. The zero-order valence-corrected chi connectivity index (χ0v) is 18.0. The fraction of sp³-hybridized carbons (Fsp3) is 0.304. The van der Waals surface area contributed by atoms with Crippen LogP contribution in [-0.2, 0) is 11.4 Å². The van der Waals surface area contributed by atoms with E-state index in [0.29, 0.717) is 29.4 Å². The van der Waals surface area contributed by atoms with Gasteiger partial charge in [0.05, 0.1) is 11.5 Å². The zero-order chi connectivity index (χ0) is 21.7. The summed E-state index contributed by atoms with van der Waals surface area (Å²) in [5.74, 6) is 0.519. The van der Waals surface area contributed by atoms with Crippen LogP contribution < -0.4 is 9.47 Å². The van der Waals surface area contributed by atoms with Gasteiger partial charge in [-0.1, -0.05) is 25.1 Å². The van der Waals surface area contributed by atoms with Crippen LogP contribution in [0.2, 0.25) is 0 Å². The molecule has 0 bridgehead atoms. The van der Waals surface area contributed by atoms with Crippen LogP contribution in [0.25, 0.3) is 6.08 Å². The number of rotatable bonds is 8. The molecule has 0 N–H and O–H groups in total. The van der Waals surface area contributed by atoms with Crippen LogP contribution in [0.4, 0.5) is 9.18 Å². The number of carbonyl (C=O) groups is 2. The van der Waals surface area contributed by atoms with Gasteiger partial charge in [-0.3, -0.25) is 14.5 Å². The van der Waals surface area contributed by atoms with Crippen molar-refractivity contribution in [2.75, 3.05) is 6.61 Å². The van der Waals surface area contributed by atoms with E-state index in [1.807, 2.05) is 20.8 Å². The fourth-order valence-corrected chi connectivity index (χ4v) is 3.87. The summed E-state index contributed by atoms with van der Waals surface area (Å²) in [5.41, 5.74) is 1.57. The van der Waals surface area contributed by atoms with Crippen molar-refractivity contribution in [2.45, 2.75) is 39.8 Å². The minimum absolute atomic E-state index is 0.135. The highest BCUT2D eigenvalue weighted by molar-refractivity contribution is 8.18. The second-order valence-corrected chi connectivity index (χ2v) is 7.86. The lowest BCUT2D eigenvalue weighted by Crippen LogP contribution is -2.36. The van der Waals surface area contributed by atoms with Gasteiger partial charge < -0.3 is 9.47 Å². The van der Waals surface area contributed by atoms with Gasteiger partial charge in [0.1, 0.15) is 12.4 Å². The molecule has 5 nitrogen and oxygen atoms in total. The number of amides is 2. The molecule has 2 aromatic carbocycles. The van der Waals surface area contributed by atoms with Crippen molar-refractivity contribution in [3.8, 4) is 11.5 Å². The van der Waals surface area contributed by atoms with Crippen LogP contribution >= 0.6 is 11.8 Å². The van der Waals surface area contributed by atoms with Crippen LogP contribution in [-0.4, -0.2) is 28.7 Å². The van der Waals surface area contributed by atoms with E-state index in [4.69, 9.17) is 9.47 Å². The maximum absolute atomic E-state index is 13.1. The van der Waals surface area contributed by atoms with Crippen LogP contribution in [0.3, 0.4) is 0 Å². The van der Waals surface area contributed by atoms with Crippen molar-refractivity contribution < 1.29 is 23.5 Å². The van der Waals surface area contributed by atoms with E-state index in [-0.39, 0.29) is 29.6 Å². The van der Waals surface area contributed by atoms with Gasteiger partial charge in [-0.05, 0) is 73.5 Å². The highest BCUT2D eigenvalue weighted by atomic mass is 32.2. The van der Waals surface area contributed by atoms with Crippen molar-refractivity contribution in [2.24, 2.45) is 0 Å². The molecule has 7 heteroatoms. The van der Waals surface area contributed by atoms with E-state index in [0.717, 1.165) is 22.9 Å². The van der Waals surface area contributed by atoms with E-state index in [9.17, 15) is 14.0 Å². The molecule has 3 rings (SSSR count). The third kappa shape index (κ3) is 5.02. The van der Waals surface area contributed by atoms with Gasteiger partial charge in [-0.25, -0.2) is 4.39 Å². The second kappa shape index (κ2) is 9.80. The topological polar surface area (TPSA) is 55.8 Å². The van der Waals surface area contributed by atoms with Crippen LogP contribution in [0.15, 0.2) is 47.4 Å². The molecule has 30 heavy (non-hydrogen) atoms. The molecule has 0 saturated carbocycles. The lowest BCUT2D eigenvalue weighted by atomic mass is 10.1. The normalized spacial score (nSPS) is 16.3. The van der Waals surface area contributed by atoms with Gasteiger partial charge >= 0.3 is 0 Å². The van der Waals surface area contributed by atoms with Gasteiger partial charge in [-0.15, -0.1) is 0 Å². The lowest BCUT2D eigenvalue weighted by molar-refractivity contribution is -0.124. The van der Waals surface area contributed by atoms with Crippen molar-refractivity contribution in [1.29, 1.82) is 0 Å². The van der Waals surface area contributed by atoms with Crippen molar-refractivity contribution >= 4 is 29.0 Å². The van der Waals surface area contributed by atoms with Gasteiger partial charge in [0.2, 0.25) is 0 Å². The number of carbonyl (C=O) groups excluding carboxylic acids is 2. The van der Waals surface area contributed by atoms with E-state index < -0.39 is 0 Å². The molecule has 1 aliphatic heterocycles. The fourth-order valence-electron chi connectivity index (χ4n) is 2.94. The second-order valence-electron chi connectivity index (χ2n) is 6.86. The first-order valence-electron chi connectivity index (χ1n) is 9.84. The maximum atomic E-state index is 13.1. The maximum Gasteiger partial charge on any atom is 0.293 e. The smallest absolute Gasteiger partial charge is 0.293 e. The van der Waals surface area contributed by atoms with Gasteiger partial charge in [0, 0.05) is 6.04 Å². The van der Waals surface area contributed by atoms with E-state index in [1.54, 1.807) is 36.4 Å². The summed E-state index contributed by atoms with van der Waals surface area (Å²) in [6.07, 6.45) is 2.40.